The molecule has 25 heavy (non-hydrogen) atoms. The summed E-state index contributed by atoms with van der Waals surface area (Å²) < 4.78 is 5.39. The van der Waals surface area contributed by atoms with Crippen LogP contribution in [0, 0.1) is 5.41 Å². The van der Waals surface area contributed by atoms with E-state index in [0.717, 1.165) is 30.8 Å². The monoisotopic (exact) mass is 426 g/mol. The highest BCUT2D eigenvalue weighted by Gasteiger charge is 2.33. The van der Waals surface area contributed by atoms with Crippen LogP contribution < -0.4 is 10.6 Å². The van der Waals surface area contributed by atoms with Gasteiger partial charge in [0, 0.05) is 29.0 Å². The molecule has 0 radical (unpaired) electrons. The molecule has 1 amide bonds. The van der Waals surface area contributed by atoms with E-state index in [0.29, 0.717) is 23.2 Å². The number of halogens is 3. The average molecular weight is 428 g/mol. The van der Waals surface area contributed by atoms with Gasteiger partial charge >= 0.3 is 0 Å². The zero-order chi connectivity index (χ0) is 17.6. The minimum atomic E-state index is -0.248. The molecule has 2 N–H and O–H groups in total. The number of carbonyl (C=O) groups excluding carboxylic acids is 1. The molecule has 1 saturated heterocycles. The molecule has 1 aromatic rings. The molecule has 0 bridgehead atoms. The molecule has 1 unspecified atom stereocenters. The van der Waals surface area contributed by atoms with E-state index < -0.39 is 0 Å². The highest BCUT2D eigenvalue weighted by Crippen LogP contribution is 2.33. The summed E-state index contributed by atoms with van der Waals surface area (Å²) in [5, 5.41) is 7.42. The van der Waals surface area contributed by atoms with Crippen molar-refractivity contribution in [1.82, 2.24) is 10.6 Å². The van der Waals surface area contributed by atoms with Gasteiger partial charge < -0.3 is 15.4 Å². The number of nitrogens with one attached hydrogen (secondary N) is 2. The third-order valence-corrected chi connectivity index (χ3v) is 6.15. The van der Waals surface area contributed by atoms with Crippen LogP contribution in [0.5, 0.6) is 0 Å². The lowest BCUT2D eigenvalue weighted by atomic mass is 9.79. The number of ether oxygens (including phenoxy) is 1. The van der Waals surface area contributed by atoms with Gasteiger partial charge in [-0.2, -0.15) is 0 Å². The van der Waals surface area contributed by atoms with Crippen LogP contribution in [-0.4, -0.2) is 44.5 Å². The molecule has 4 nitrogen and oxygen atoms in total. The van der Waals surface area contributed by atoms with Crippen LogP contribution in [0.15, 0.2) is 23.1 Å². The Morgan fingerprint density at radius 2 is 2.08 bits per heavy atom. The number of hydrogen-bond donors (Lipinski definition) is 2. The predicted molar refractivity (Wildman–Crippen MR) is 108 cm³/mol. The normalized spacial score (nSPS) is 17.4. The third kappa shape index (κ3) is 6.81. The van der Waals surface area contributed by atoms with E-state index in [2.05, 4.69) is 10.6 Å². The van der Waals surface area contributed by atoms with Crippen LogP contribution in [0.3, 0.4) is 0 Å². The summed E-state index contributed by atoms with van der Waals surface area (Å²) in [6.45, 7) is 5.10. The van der Waals surface area contributed by atoms with E-state index in [4.69, 9.17) is 27.9 Å². The summed E-state index contributed by atoms with van der Waals surface area (Å²) in [6, 6.07) is 5.28. The molecule has 1 aromatic carbocycles. The zero-order valence-electron chi connectivity index (χ0n) is 14.4. The van der Waals surface area contributed by atoms with Gasteiger partial charge in [0.1, 0.15) is 0 Å². The van der Waals surface area contributed by atoms with Crippen molar-refractivity contribution < 1.29 is 9.53 Å². The summed E-state index contributed by atoms with van der Waals surface area (Å²) in [4.78, 5) is 13.3. The van der Waals surface area contributed by atoms with Crippen LogP contribution in [0.4, 0.5) is 0 Å². The second kappa shape index (κ2) is 10.9. The summed E-state index contributed by atoms with van der Waals surface area (Å²) in [7, 11) is 1.71. The molecule has 0 spiro atoms. The standard InChI is InChI=1S/C17H24Cl2N2O2S.ClH/c1-12(24-15-9-13(18)3-4-14(15)19)16(22)21-10-17(11-23-2)5-7-20-8-6-17;/h3-4,9,12,20H,5-8,10-11H2,1-2H3,(H,21,22);1H. The largest absolute Gasteiger partial charge is 0.384 e. The second-order valence-electron chi connectivity index (χ2n) is 6.24. The van der Waals surface area contributed by atoms with Crippen LogP contribution in [0.2, 0.25) is 10.0 Å². The molecule has 2 rings (SSSR count). The molecule has 0 saturated carbocycles. The van der Waals surface area contributed by atoms with Crippen molar-refractivity contribution in [2.75, 3.05) is 33.4 Å². The van der Waals surface area contributed by atoms with Gasteiger partial charge in [-0.15, -0.1) is 24.2 Å². The van der Waals surface area contributed by atoms with Crippen molar-refractivity contribution in [2.24, 2.45) is 5.41 Å². The van der Waals surface area contributed by atoms with Crippen molar-refractivity contribution in [1.29, 1.82) is 0 Å². The van der Waals surface area contributed by atoms with Gasteiger partial charge in [0.15, 0.2) is 0 Å². The summed E-state index contributed by atoms with van der Waals surface area (Å²) in [5.41, 5.74) is 0.0216. The predicted octanol–water partition coefficient (Wildman–Crippen LogP) is 4.03. The number of piperidine rings is 1. The Labute approximate surface area is 170 Å². The number of benzene rings is 1. The van der Waals surface area contributed by atoms with Crippen LogP contribution >= 0.6 is 47.4 Å². The first-order valence-electron chi connectivity index (χ1n) is 8.05. The number of hydrogen-bond acceptors (Lipinski definition) is 4. The number of rotatable bonds is 7. The fourth-order valence-corrected chi connectivity index (χ4v) is 4.30. The fraction of sp³-hybridized carbons (Fsp3) is 0.588. The molecule has 1 fully saturated rings. The summed E-state index contributed by atoms with van der Waals surface area (Å²) in [6.07, 6.45) is 2.01. The molecule has 1 atom stereocenters. The van der Waals surface area contributed by atoms with Gasteiger partial charge in [0.05, 0.1) is 16.9 Å². The van der Waals surface area contributed by atoms with Gasteiger partial charge in [-0.25, -0.2) is 0 Å². The Hall–Kier alpha value is -0.170. The molecule has 1 aliphatic heterocycles. The van der Waals surface area contributed by atoms with Crippen molar-refractivity contribution >= 4 is 53.3 Å². The highest BCUT2D eigenvalue weighted by molar-refractivity contribution is 8.00. The fourth-order valence-electron chi connectivity index (χ4n) is 2.87. The molecule has 0 aliphatic carbocycles. The molecule has 1 heterocycles. The maximum absolute atomic E-state index is 12.5. The first-order chi connectivity index (χ1) is 11.5. The average Bonchev–Trinajstić information content (AvgIpc) is 2.57. The number of carbonyl (C=O) groups is 1. The smallest absolute Gasteiger partial charge is 0.233 e. The lowest BCUT2D eigenvalue weighted by Crippen LogP contribution is -2.48. The Morgan fingerprint density at radius 1 is 1.40 bits per heavy atom. The maximum atomic E-state index is 12.5. The van der Waals surface area contributed by atoms with Crippen LogP contribution in [-0.2, 0) is 9.53 Å². The molecule has 0 aromatic heterocycles. The quantitative estimate of drug-likeness (QED) is 0.645. The Kier molecular flexibility index (Phi) is 9.93. The van der Waals surface area contributed by atoms with Crippen molar-refractivity contribution in [3.05, 3.63) is 28.2 Å². The SMILES string of the molecule is COCC1(CNC(=O)C(C)Sc2cc(Cl)ccc2Cl)CCNCC1.Cl. The minimum Gasteiger partial charge on any atom is -0.384 e. The number of amides is 1. The van der Waals surface area contributed by atoms with Gasteiger partial charge in [0.2, 0.25) is 5.91 Å². The summed E-state index contributed by atoms with van der Waals surface area (Å²) in [5.74, 6) is 0.00468. The van der Waals surface area contributed by atoms with Crippen molar-refractivity contribution in [2.45, 2.75) is 29.9 Å². The molecular weight excluding hydrogens is 403 g/mol. The molecule has 8 heteroatoms. The van der Waals surface area contributed by atoms with Gasteiger partial charge in [0.25, 0.3) is 0 Å². The van der Waals surface area contributed by atoms with E-state index in [1.807, 2.05) is 6.92 Å². The van der Waals surface area contributed by atoms with E-state index >= 15 is 0 Å². The maximum Gasteiger partial charge on any atom is 0.233 e. The number of thioether (sulfide) groups is 1. The van der Waals surface area contributed by atoms with E-state index in [-0.39, 0.29) is 29.0 Å². The van der Waals surface area contributed by atoms with Gasteiger partial charge in [-0.05, 0) is 51.1 Å². The minimum absolute atomic E-state index is 0. The van der Waals surface area contributed by atoms with E-state index in [1.165, 1.54) is 11.8 Å². The molecular formula is C17H25Cl3N2O2S. The van der Waals surface area contributed by atoms with E-state index in [1.54, 1.807) is 25.3 Å². The Morgan fingerprint density at radius 3 is 2.72 bits per heavy atom. The number of methoxy groups -OCH3 is 1. The van der Waals surface area contributed by atoms with Gasteiger partial charge in [-0.1, -0.05) is 23.2 Å². The van der Waals surface area contributed by atoms with Crippen molar-refractivity contribution in [3.8, 4) is 0 Å². The topological polar surface area (TPSA) is 50.4 Å². The zero-order valence-corrected chi connectivity index (χ0v) is 17.6. The second-order valence-corrected chi connectivity index (χ2v) is 8.46. The van der Waals surface area contributed by atoms with Crippen LogP contribution in [0.25, 0.3) is 0 Å². The van der Waals surface area contributed by atoms with Gasteiger partial charge in [-0.3, -0.25) is 4.79 Å². The highest BCUT2D eigenvalue weighted by atomic mass is 35.5. The Bertz CT molecular complexity index is 563. The van der Waals surface area contributed by atoms with E-state index in [9.17, 15) is 4.79 Å². The lowest BCUT2D eigenvalue weighted by molar-refractivity contribution is -0.121. The van der Waals surface area contributed by atoms with Crippen molar-refractivity contribution in [3.63, 3.8) is 0 Å². The molecule has 142 valence electrons. The summed E-state index contributed by atoms with van der Waals surface area (Å²) >= 11 is 13.6. The molecule has 1 aliphatic rings. The lowest BCUT2D eigenvalue weighted by Gasteiger charge is -2.37. The van der Waals surface area contributed by atoms with Crippen LogP contribution in [0.1, 0.15) is 19.8 Å². The first kappa shape index (κ1) is 22.9. The first-order valence-corrected chi connectivity index (χ1v) is 9.68. The Balaban J connectivity index is 0.00000312. The third-order valence-electron chi connectivity index (χ3n) is 4.32.